The first-order valence-electron chi connectivity index (χ1n) is 8.76. The van der Waals surface area contributed by atoms with Crippen LogP contribution in [0.5, 0.6) is 0 Å². The molecule has 2 aliphatic heterocycles. The van der Waals surface area contributed by atoms with E-state index in [1.54, 1.807) is 13.1 Å². The summed E-state index contributed by atoms with van der Waals surface area (Å²) in [5, 5.41) is 3.39. The molecule has 1 N–H and O–H groups in total. The molecule has 2 saturated heterocycles. The van der Waals surface area contributed by atoms with Crippen LogP contribution in [0.1, 0.15) is 12.5 Å². The lowest BCUT2D eigenvalue weighted by atomic mass is 9.89. The first-order valence-corrected chi connectivity index (χ1v) is 8.76. The lowest BCUT2D eigenvalue weighted by Crippen LogP contribution is -2.56. The van der Waals surface area contributed by atoms with E-state index in [4.69, 9.17) is 4.74 Å². The first kappa shape index (κ1) is 22.1. The van der Waals surface area contributed by atoms with Gasteiger partial charge in [-0.1, -0.05) is 13.0 Å². The van der Waals surface area contributed by atoms with Crippen LogP contribution in [0.4, 0.5) is 18.9 Å². The summed E-state index contributed by atoms with van der Waals surface area (Å²) in [5.41, 5.74) is 0.155. The van der Waals surface area contributed by atoms with Gasteiger partial charge in [0.05, 0.1) is 18.8 Å². The normalized spacial score (nSPS) is 20.0. The Hall–Kier alpha value is -1.23. The molecule has 2 heterocycles. The molecule has 2 aliphatic rings. The molecular formula is C18H26F3IN4O. The third-order valence-electron chi connectivity index (χ3n) is 4.90. The van der Waals surface area contributed by atoms with Gasteiger partial charge in [0, 0.05) is 50.9 Å². The van der Waals surface area contributed by atoms with Gasteiger partial charge in [0.2, 0.25) is 0 Å². The van der Waals surface area contributed by atoms with Crippen LogP contribution in [0.25, 0.3) is 0 Å². The molecular weight excluding hydrogens is 472 g/mol. The third-order valence-corrected chi connectivity index (χ3v) is 4.90. The Morgan fingerprint density at radius 1 is 1.22 bits per heavy atom. The third kappa shape index (κ3) is 5.40. The van der Waals surface area contributed by atoms with Crippen molar-refractivity contribution in [3.8, 4) is 0 Å². The molecule has 0 unspecified atom stereocenters. The predicted molar refractivity (Wildman–Crippen MR) is 111 cm³/mol. The summed E-state index contributed by atoms with van der Waals surface area (Å²) in [5.74, 6) is 0.835. The molecule has 0 aliphatic carbocycles. The van der Waals surface area contributed by atoms with E-state index in [1.807, 2.05) is 4.90 Å². The van der Waals surface area contributed by atoms with E-state index in [1.165, 1.54) is 12.1 Å². The van der Waals surface area contributed by atoms with Crippen molar-refractivity contribution >= 4 is 35.6 Å². The van der Waals surface area contributed by atoms with E-state index < -0.39 is 11.7 Å². The van der Waals surface area contributed by atoms with Crippen molar-refractivity contribution in [2.45, 2.75) is 13.1 Å². The molecule has 0 saturated carbocycles. The van der Waals surface area contributed by atoms with Gasteiger partial charge in [0.1, 0.15) is 0 Å². The zero-order chi connectivity index (χ0) is 18.8. The lowest BCUT2D eigenvalue weighted by Gasteiger charge is -2.41. The Labute approximate surface area is 175 Å². The van der Waals surface area contributed by atoms with Gasteiger partial charge in [0.25, 0.3) is 0 Å². The van der Waals surface area contributed by atoms with Crippen molar-refractivity contribution in [1.29, 1.82) is 0 Å². The van der Waals surface area contributed by atoms with Crippen LogP contribution in [-0.2, 0) is 10.9 Å². The minimum absolute atomic E-state index is 0. The van der Waals surface area contributed by atoms with Gasteiger partial charge < -0.3 is 19.9 Å². The Bertz CT molecular complexity index is 656. The molecule has 0 atom stereocenters. The first-order chi connectivity index (χ1) is 12.3. The summed E-state index contributed by atoms with van der Waals surface area (Å²) in [7, 11) is 1.75. The number of guanidine groups is 1. The van der Waals surface area contributed by atoms with E-state index in [2.05, 4.69) is 22.1 Å². The van der Waals surface area contributed by atoms with E-state index in [-0.39, 0.29) is 29.4 Å². The summed E-state index contributed by atoms with van der Waals surface area (Å²) in [6.45, 7) is 7.20. The Kier molecular flexibility index (Phi) is 7.23. The van der Waals surface area contributed by atoms with Crippen molar-refractivity contribution in [2.75, 3.05) is 57.9 Å². The van der Waals surface area contributed by atoms with Crippen LogP contribution >= 0.6 is 24.0 Å². The number of aliphatic imine (C=N–C) groups is 1. The van der Waals surface area contributed by atoms with Crippen LogP contribution in [0.2, 0.25) is 0 Å². The number of alkyl halides is 3. The molecule has 0 amide bonds. The summed E-state index contributed by atoms with van der Waals surface area (Å²) < 4.78 is 44.0. The largest absolute Gasteiger partial charge is 0.416 e. The zero-order valence-corrected chi connectivity index (χ0v) is 17.9. The Morgan fingerprint density at radius 2 is 1.89 bits per heavy atom. The van der Waals surface area contributed by atoms with Gasteiger partial charge in [-0.3, -0.25) is 4.99 Å². The van der Waals surface area contributed by atoms with E-state index in [0.29, 0.717) is 31.9 Å². The van der Waals surface area contributed by atoms with E-state index in [0.717, 1.165) is 31.8 Å². The molecule has 3 rings (SSSR count). The second-order valence-corrected chi connectivity index (χ2v) is 7.23. The Morgan fingerprint density at radius 3 is 2.41 bits per heavy atom. The molecule has 1 aromatic rings. The van der Waals surface area contributed by atoms with Crippen LogP contribution in [0, 0.1) is 5.41 Å². The van der Waals surface area contributed by atoms with Gasteiger partial charge in [-0.25, -0.2) is 0 Å². The van der Waals surface area contributed by atoms with E-state index >= 15 is 0 Å². The second kappa shape index (κ2) is 8.85. The fourth-order valence-electron chi connectivity index (χ4n) is 3.23. The van der Waals surface area contributed by atoms with Crippen molar-refractivity contribution in [2.24, 2.45) is 10.4 Å². The number of halogens is 4. The maximum atomic E-state index is 12.9. The van der Waals surface area contributed by atoms with Crippen molar-refractivity contribution in [3.63, 3.8) is 0 Å². The van der Waals surface area contributed by atoms with Gasteiger partial charge in [-0.2, -0.15) is 13.2 Å². The minimum atomic E-state index is -4.31. The number of benzene rings is 1. The van der Waals surface area contributed by atoms with Crippen LogP contribution in [0.3, 0.4) is 0 Å². The fraction of sp³-hybridized carbons (Fsp3) is 0.611. The van der Waals surface area contributed by atoms with Gasteiger partial charge >= 0.3 is 6.18 Å². The highest BCUT2D eigenvalue weighted by atomic mass is 127. The molecule has 152 valence electrons. The highest BCUT2D eigenvalue weighted by Gasteiger charge is 2.34. The SMILES string of the molecule is CN=C(NCC1(C)COC1)N1CCN(c2cccc(C(F)(F)F)c2)CC1.I. The average Bonchev–Trinajstić information content (AvgIpc) is 2.60. The zero-order valence-electron chi connectivity index (χ0n) is 15.6. The highest BCUT2D eigenvalue weighted by Crippen LogP contribution is 2.32. The lowest BCUT2D eigenvalue weighted by molar-refractivity contribution is -0.137. The molecule has 0 spiro atoms. The molecule has 27 heavy (non-hydrogen) atoms. The van der Waals surface area contributed by atoms with Crippen LogP contribution in [-0.4, -0.2) is 63.8 Å². The molecule has 0 radical (unpaired) electrons. The number of piperazine rings is 1. The molecule has 0 aromatic heterocycles. The maximum Gasteiger partial charge on any atom is 0.416 e. The van der Waals surface area contributed by atoms with E-state index in [9.17, 15) is 13.2 Å². The summed E-state index contributed by atoms with van der Waals surface area (Å²) >= 11 is 0. The molecule has 5 nitrogen and oxygen atoms in total. The second-order valence-electron chi connectivity index (χ2n) is 7.23. The number of rotatable bonds is 3. The summed E-state index contributed by atoms with van der Waals surface area (Å²) in [4.78, 5) is 8.47. The number of ether oxygens (including phenoxy) is 1. The molecule has 2 fully saturated rings. The van der Waals surface area contributed by atoms with Gasteiger partial charge in [-0.15, -0.1) is 24.0 Å². The van der Waals surface area contributed by atoms with Crippen LogP contribution in [0.15, 0.2) is 29.3 Å². The summed E-state index contributed by atoms with van der Waals surface area (Å²) in [6, 6.07) is 5.53. The number of anilines is 1. The maximum absolute atomic E-state index is 12.9. The topological polar surface area (TPSA) is 40.1 Å². The molecule has 9 heteroatoms. The average molecular weight is 498 g/mol. The molecule has 1 aromatic carbocycles. The quantitative estimate of drug-likeness (QED) is 0.395. The number of nitrogens with zero attached hydrogens (tertiary/aromatic N) is 3. The Balaban J connectivity index is 0.00000261. The summed E-state index contributed by atoms with van der Waals surface area (Å²) in [6.07, 6.45) is -4.31. The number of nitrogens with one attached hydrogen (secondary N) is 1. The van der Waals surface area contributed by atoms with Gasteiger partial charge in [-0.05, 0) is 18.2 Å². The van der Waals surface area contributed by atoms with Gasteiger partial charge in [0.15, 0.2) is 5.96 Å². The molecule has 0 bridgehead atoms. The predicted octanol–water partition coefficient (Wildman–Crippen LogP) is 3.06. The van der Waals surface area contributed by atoms with Crippen molar-refractivity contribution in [1.82, 2.24) is 10.2 Å². The highest BCUT2D eigenvalue weighted by molar-refractivity contribution is 14.0. The van der Waals surface area contributed by atoms with Crippen LogP contribution < -0.4 is 10.2 Å². The number of hydrogen-bond acceptors (Lipinski definition) is 3. The monoisotopic (exact) mass is 498 g/mol. The van der Waals surface area contributed by atoms with Crippen molar-refractivity contribution < 1.29 is 17.9 Å². The standard InChI is InChI=1S/C18H25F3N4O.HI/c1-17(12-26-13-17)11-23-16(22-2)25-8-6-24(7-9-25)15-5-3-4-14(10-15)18(19,20)21;/h3-5,10H,6-9,11-13H2,1-2H3,(H,22,23);1H. The van der Waals surface area contributed by atoms with Crippen molar-refractivity contribution in [3.05, 3.63) is 29.8 Å². The number of hydrogen-bond donors (Lipinski definition) is 1. The smallest absolute Gasteiger partial charge is 0.380 e. The minimum Gasteiger partial charge on any atom is -0.380 e. The fourth-order valence-corrected chi connectivity index (χ4v) is 3.23.